The summed E-state index contributed by atoms with van der Waals surface area (Å²) >= 11 is 4.52. The molecule has 1 unspecified atom stereocenters. The minimum absolute atomic E-state index is 0.169. The molecule has 14 heavy (non-hydrogen) atoms. The molecule has 4 nitrogen and oxygen atoms in total. The molecule has 0 aromatic carbocycles. The first kappa shape index (κ1) is 12.8. The molecule has 0 N–H and O–H groups in total. The smallest absolute Gasteiger partial charge is 0.409 e. The third kappa shape index (κ3) is 4.47. The highest BCUT2D eigenvalue weighted by atomic mass is 127. The second-order valence-electron chi connectivity index (χ2n) is 3.25. The van der Waals surface area contributed by atoms with Crippen molar-refractivity contribution in [3.05, 3.63) is 0 Å². The Balaban J connectivity index is 2.24. The summed E-state index contributed by atoms with van der Waals surface area (Å²) in [7, 11) is 0. The Morgan fingerprint density at radius 1 is 1.43 bits per heavy atom. The third-order valence-electron chi connectivity index (χ3n) is 1.92. The van der Waals surface area contributed by atoms with E-state index >= 15 is 0 Å². The van der Waals surface area contributed by atoms with Crippen LogP contribution in [-0.4, -0.2) is 50.8 Å². The van der Waals surface area contributed by atoms with Crippen molar-refractivity contribution >= 4 is 51.5 Å². The molecule has 1 rings (SSSR count). The number of halogens is 2. The van der Waals surface area contributed by atoms with Crippen molar-refractivity contribution < 1.29 is 9.53 Å². The second kappa shape index (κ2) is 6.31. The van der Waals surface area contributed by atoms with Crippen molar-refractivity contribution in [1.82, 2.24) is 8.01 Å². The zero-order valence-corrected chi connectivity index (χ0v) is 12.4. The topological polar surface area (TPSA) is 32.8 Å². The first-order valence-corrected chi connectivity index (χ1v) is 6.77. The summed E-state index contributed by atoms with van der Waals surface area (Å²) in [6, 6.07) is 0. The fourth-order valence-electron chi connectivity index (χ4n) is 1.14. The number of alkyl halides is 1. The highest BCUT2D eigenvalue weighted by Crippen LogP contribution is 2.08. The zero-order valence-electron chi connectivity index (χ0n) is 8.08. The molecule has 1 aliphatic rings. The van der Waals surface area contributed by atoms with Gasteiger partial charge < -0.3 is 9.64 Å². The fraction of sp³-hybridized carbons (Fsp3) is 0.875. The molecule has 0 saturated carbocycles. The van der Waals surface area contributed by atoms with Gasteiger partial charge >= 0.3 is 6.09 Å². The molecule has 0 aliphatic carbocycles. The third-order valence-corrected chi connectivity index (χ3v) is 3.24. The maximum atomic E-state index is 11.5. The van der Waals surface area contributed by atoms with Crippen molar-refractivity contribution in [2.45, 2.75) is 10.8 Å². The van der Waals surface area contributed by atoms with E-state index < -0.39 is 0 Å². The Hall–Kier alpha value is 0.690. The Morgan fingerprint density at radius 3 is 2.50 bits per heavy atom. The van der Waals surface area contributed by atoms with Crippen LogP contribution in [-0.2, 0) is 4.74 Å². The summed E-state index contributed by atoms with van der Waals surface area (Å²) in [5.74, 6) is 0. The van der Waals surface area contributed by atoms with Gasteiger partial charge in [0, 0.05) is 53.0 Å². The van der Waals surface area contributed by atoms with Gasteiger partial charge in [-0.25, -0.2) is 7.91 Å². The molecule has 1 fully saturated rings. The van der Waals surface area contributed by atoms with Crippen LogP contribution < -0.4 is 0 Å². The van der Waals surface area contributed by atoms with Crippen molar-refractivity contribution in [2.75, 3.05) is 32.8 Å². The van der Waals surface area contributed by atoms with Crippen LogP contribution in [0.3, 0.4) is 0 Å². The summed E-state index contributed by atoms with van der Waals surface area (Å²) in [4.78, 5) is 13.3. The van der Waals surface area contributed by atoms with Gasteiger partial charge in [-0.2, -0.15) is 0 Å². The van der Waals surface area contributed by atoms with Gasteiger partial charge in [0.1, 0.15) is 6.61 Å². The molecule has 6 heteroatoms. The molecular weight excluding hydrogens is 410 g/mol. The highest BCUT2D eigenvalue weighted by Gasteiger charge is 2.20. The van der Waals surface area contributed by atoms with E-state index in [1.54, 1.807) is 4.90 Å². The molecule has 1 amide bonds. The van der Waals surface area contributed by atoms with Crippen LogP contribution in [0.5, 0.6) is 0 Å². The zero-order chi connectivity index (χ0) is 10.6. The van der Waals surface area contributed by atoms with E-state index in [-0.39, 0.29) is 6.09 Å². The predicted molar refractivity (Wildman–Crippen MR) is 72.0 cm³/mol. The molecule has 0 aromatic rings. The standard InChI is InChI=1S/C8H14I2N2O2/c1-7(9)6-14-8(13)11-2-4-12(10)5-3-11/h7H,2-6H2,1H3. The summed E-state index contributed by atoms with van der Waals surface area (Å²) in [5.41, 5.74) is 0. The van der Waals surface area contributed by atoms with Crippen LogP contribution in [0.15, 0.2) is 0 Å². The number of amides is 1. The predicted octanol–water partition coefficient (Wildman–Crippen LogP) is 1.91. The number of hydrogen-bond donors (Lipinski definition) is 0. The second-order valence-corrected chi connectivity index (χ2v) is 6.75. The summed E-state index contributed by atoms with van der Waals surface area (Å²) in [6.45, 7) is 5.93. The van der Waals surface area contributed by atoms with Gasteiger partial charge in [0.05, 0.1) is 0 Å². The van der Waals surface area contributed by atoms with E-state index in [9.17, 15) is 4.79 Å². The molecule has 82 valence electrons. The van der Waals surface area contributed by atoms with Crippen LogP contribution in [0.25, 0.3) is 0 Å². The van der Waals surface area contributed by atoms with Gasteiger partial charge in [-0.3, -0.25) is 0 Å². The molecule has 1 aliphatic heterocycles. The van der Waals surface area contributed by atoms with Gasteiger partial charge in [-0.05, 0) is 0 Å². The first-order chi connectivity index (χ1) is 6.59. The van der Waals surface area contributed by atoms with Crippen LogP contribution in [0.2, 0.25) is 0 Å². The Labute approximate surface area is 112 Å². The van der Waals surface area contributed by atoms with Crippen molar-refractivity contribution in [1.29, 1.82) is 0 Å². The lowest BCUT2D eigenvalue weighted by Gasteiger charge is -2.30. The monoisotopic (exact) mass is 424 g/mol. The van der Waals surface area contributed by atoms with Crippen LogP contribution in [0.4, 0.5) is 4.79 Å². The van der Waals surface area contributed by atoms with Crippen LogP contribution in [0, 0.1) is 0 Å². The molecule has 1 saturated heterocycles. The van der Waals surface area contributed by atoms with Gasteiger partial charge in [-0.15, -0.1) is 0 Å². The average molecular weight is 424 g/mol. The van der Waals surface area contributed by atoms with Crippen LogP contribution in [0.1, 0.15) is 6.92 Å². The molecule has 1 heterocycles. The lowest BCUT2D eigenvalue weighted by Crippen LogP contribution is -2.45. The maximum absolute atomic E-state index is 11.5. The summed E-state index contributed by atoms with van der Waals surface area (Å²) in [5, 5.41) is 0. The number of carbonyl (C=O) groups excluding carboxylic acids is 1. The summed E-state index contributed by atoms with van der Waals surface area (Å²) < 4.78 is 7.70. The quantitative estimate of drug-likeness (QED) is 0.386. The van der Waals surface area contributed by atoms with Crippen LogP contribution >= 0.6 is 45.5 Å². The van der Waals surface area contributed by atoms with Gasteiger partial charge in [0.15, 0.2) is 0 Å². The fourth-order valence-corrected chi connectivity index (χ4v) is 1.75. The Kier molecular flexibility index (Phi) is 5.75. The van der Waals surface area contributed by atoms with Gasteiger partial charge in [0.25, 0.3) is 0 Å². The highest BCUT2D eigenvalue weighted by molar-refractivity contribution is 14.1. The molecule has 0 spiro atoms. The van der Waals surface area contributed by atoms with E-state index in [2.05, 4.69) is 48.6 Å². The number of rotatable bonds is 2. The number of piperazine rings is 1. The van der Waals surface area contributed by atoms with Crippen molar-refractivity contribution in [3.8, 4) is 0 Å². The average Bonchev–Trinajstić information content (AvgIpc) is 2.15. The van der Waals surface area contributed by atoms with Gasteiger partial charge in [0.2, 0.25) is 0 Å². The normalized spacial score (nSPS) is 20.6. The van der Waals surface area contributed by atoms with Crippen molar-refractivity contribution in [3.63, 3.8) is 0 Å². The Morgan fingerprint density at radius 2 is 2.00 bits per heavy atom. The van der Waals surface area contributed by atoms with Crippen molar-refractivity contribution in [2.24, 2.45) is 0 Å². The van der Waals surface area contributed by atoms with E-state index in [1.165, 1.54) is 0 Å². The minimum atomic E-state index is -0.169. The van der Waals surface area contributed by atoms with E-state index in [4.69, 9.17) is 4.74 Å². The molecule has 0 aromatic heterocycles. The number of carbonyl (C=O) groups is 1. The van der Waals surface area contributed by atoms with Gasteiger partial charge in [-0.1, -0.05) is 29.5 Å². The first-order valence-electron chi connectivity index (χ1n) is 4.56. The summed E-state index contributed by atoms with van der Waals surface area (Å²) in [6.07, 6.45) is -0.169. The van der Waals surface area contributed by atoms with E-state index in [0.717, 1.165) is 26.2 Å². The number of hydrogen-bond acceptors (Lipinski definition) is 3. The molecule has 0 radical (unpaired) electrons. The van der Waals surface area contributed by atoms with E-state index in [0.29, 0.717) is 10.5 Å². The SMILES string of the molecule is CC(I)COC(=O)N1CCN(I)CC1. The minimum Gasteiger partial charge on any atom is -0.448 e. The Bertz CT molecular complexity index is 194. The molecule has 0 bridgehead atoms. The number of nitrogens with zero attached hydrogens (tertiary/aromatic N) is 2. The maximum Gasteiger partial charge on any atom is 0.409 e. The van der Waals surface area contributed by atoms with E-state index in [1.807, 2.05) is 6.92 Å². The molecule has 1 atom stereocenters. The lowest BCUT2D eigenvalue weighted by molar-refractivity contribution is 0.0940. The largest absolute Gasteiger partial charge is 0.448 e. The molecular formula is C8H14I2N2O2. The number of ether oxygens (including phenoxy) is 1. The lowest BCUT2D eigenvalue weighted by atomic mass is 10.4.